The van der Waals surface area contributed by atoms with Gasteiger partial charge in [0.1, 0.15) is 8.61 Å². The molecule has 0 aliphatic carbocycles. The van der Waals surface area contributed by atoms with E-state index in [1.54, 1.807) is 0 Å². The number of carbonyl (C=O) groups is 1. The SMILES string of the molecule is NC(=O)c1sc(Cc2ccc(Cl)cc2)nc1C(Br)Br. The number of rotatable bonds is 4. The second-order valence-electron chi connectivity index (χ2n) is 3.79. The van der Waals surface area contributed by atoms with E-state index in [1.807, 2.05) is 24.3 Å². The molecule has 0 atom stereocenters. The van der Waals surface area contributed by atoms with Gasteiger partial charge in [0.2, 0.25) is 0 Å². The summed E-state index contributed by atoms with van der Waals surface area (Å²) in [4.78, 5) is 16.3. The van der Waals surface area contributed by atoms with Crippen molar-refractivity contribution in [3.63, 3.8) is 0 Å². The predicted molar refractivity (Wildman–Crippen MR) is 85.5 cm³/mol. The van der Waals surface area contributed by atoms with Crippen molar-refractivity contribution in [1.29, 1.82) is 0 Å². The zero-order valence-corrected chi connectivity index (χ0v) is 14.3. The third kappa shape index (κ3) is 3.78. The molecular weight excluding hydrogens is 415 g/mol. The standard InChI is InChI=1S/C12H9Br2ClN2OS/c13-11(14)9-10(12(16)18)19-8(17-9)5-6-1-3-7(15)4-2-6/h1-4,11H,5H2,(H2,16,18). The summed E-state index contributed by atoms with van der Waals surface area (Å²) in [5.74, 6) is -0.459. The van der Waals surface area contributed by atoms with Crippen molar-refractivity contribution in [3.05, 3.63) is 50.4 Å². The molecule has 0 aliphatic rings. The van der Waals surface area contributed by atoms with E-state index >= 15 is 0 Å². The smallest absolute Gasteiger partial charge is 0.260 e. The van der Waals surface area contributed by atoms with Crippen molar-refractivity contribution in [1.82, 2.24) is 4.98 Å². The van der Waals surface area contributed by atoms with E-state index in [4.69, 9.17) is 17.3 Å². The van der Waals surface area contributed by atoms with Crippen molar-refractivity contribution >= 4 is 60.7 Å². The van der Waals surface area contributed by atoms with Crippen LogP contribution in [0.25, 0.3) is 0 Å². The highest BCUT2D eigenvalue weighted by Crippen LogP contribution is 2.34. The lowest BCUT2D eigenvalue weighted by Crippen LogP contribution is -2.11. The number of alkyl halides is 2. The van der Waals surface area contributed by atoms with Crippen molar-refractivity contribution in [2.45, 2.75) is 10.2 Å². The molecule has 0 saturated carbocycles. The Bertz CT molecular complexity index is 598. The topological polar surface area (TPSA) is 56.0 Å². The zero-order valence-electron chi connectivity index (χ0n) is 9.57. The van der Waals surface area contributed by atoms with Gasteiger partial charge in [-0.25, -0.2) is 4.98 Å². The summed E-state index contributed by atoms with van der Waals surface area (Å²) in [6, 6.07) is 7.54. The van der Waals surface area contributed by atoms with Crippen LogP contribution in [-0.4, -0.2) is 10.9 Å². The Morgan fingerprint density at radius 1 is 1.37 bits per heavy atom. The molecular formula is C12H9Br2ClN2OS. The summed E-state index contributed by atoms with van der Waals surface area (Å²) >= 11 is 13.8. The average Bonchev–Trinajstić information content (AvgIpc) is 2.76. The van der Waals surface area contributed by atoms with Crippen LogP contribution < -0.4 is 5.73 Å². The molecule has 0 bridgehead atoms. The Hall–Kier alpha value is -0.430. The number of nitrogens with two attached hydrogens (primary N) is 1. The molecule has 1 aromatic heterocycles. The molecule has 7 heteroatoms. The van der Waals surface area contributed by atoms with E-state index in [0.29, 0.717) is 22.0 Å². The predicted octanol–water partition coefficient (Wildman–Crippen LogP) is 4.27. The first kappa shape index (κ1) is 15.0. The molecule has 100 valence electrons. The Labute approximate surface area is 136 Å². The number of thiazole rings is 1. The summed E-state index contributed by atoms with van der Waals surface area (Å²) in [7, 11) is 0. The first-order valence-corrected chi connectivity index (χ1v) is 8.32. The van der Waals surface area contributed by atoms with E-state index in [0.717, 1.165) is 10.6 Å². The van der Waals surface area contributed by atoms with Crippen LogP contribution in [0.2, 0.25) is 5.02 Å². The highest BCUT2D eigenvalue weighted by atomic mass is 79.9. The largest absolute Gasteiger partial charge is 0.365 e. The molecule has 0 radical (unpaired) electrons. The van der Waals surface area contributed by atoms with Crippen LogP contribution in [0.4, 0.5) is 0 Å². The second kappa shape index (κ2) is 6.35. The zero-order chi connectivity index (χ0) is 14.0. The lowest BCUT2D eigenvalue weighted by molar-refractivity contribution is 0.100. The normalized spacial score (nSPS) is 10.9. The first-order chi connectivity index (χ1) is 8.97. The average molecular weight is 425 g/mol. The summed E-state index contributed by atoms with van der Waals surface area (Å²) in [5.41, 5.74) is 7.06. The molecule has 0 fully saturated rings. The number of carbonyl (C=O) groups excluding carboxylic acids is 1. The molecule has 1 aromatic carbocycles. The van der Waals surface area contributed by atoms with E-state index in [9.17, 15) is 4.79 Å². The van der Waals surface area contributed by atoms with Gasteiger partial charge in [0.15, 0.2) is 0 Å². The molecule has 19 heavy (non-hydrogen) atoms. The minimum absolute atomic E-state index is 0.183. The van der Waals surface area contributed by atoms with Gasteiger partial charge in [0.05, 0.1) is 10.7 Å². The van der Waals surface area contributed by atoms with E-state index < -0.39 is 5.91 Å². The number of hydrogen-bond donors (Lipinski definition) is 1. The summed E-state index contributed by atoms with van der Waals surface area (Å²) in [6.07, 6.45) is 0.648. The number of hydrogen-bond acceptors (Lipinski definition) is 3. The number of halogens is 3. The maximum absolute atomic E-state index is 11.4. The monoisotopic (exact) mass is 422 g/mol. The summed E-state index contributed by atoms with van der Waals surface area (Å²) < 4.78 is -0.183. The van der Waals surface area contributed by atoms with Gasteiger partial charge in [-0.3, -0.25) is 4.79 Å². The molecule has 0 aliphatic heterocycles. The maximum atomic E-state index is 11.4. The molecule has 0 spiro atoms. The molecule has 1 amide bonds. The number of aromatic nitrogens is 1. The first-order valence-electron chi connectivity index (χ1n) is 5.29. The third-order valence-corrected chi connectivity index (χ3v) is 4.60. The van der Waals surface area contributed by atoms with Gasteiger partial charge in [-0.15, -0.1) is 11.3 Å². The lowest BCUT2D eigenvalue weighted by Gasteiger charge is -1.98. The fourth-order valence-corrected chi connectivity index (χ4v) is 3.63. The number of primary amides is 1. The molecule has 0 unspecified atom stereocenters. The van der Waals surface area contributed by atoms with Crippen LogP contribution in [0.15, 0.2) is 24.3 Å². The van der Waals surface area contributed by atoms with E-state index in [2.05, 4.69) is 36.8 Å². The molecule has 0 saturated heterocycles. The molecule has 3 nitrogen and oxygen atoms in total. The number of nitrogens with zero attached hydrogens (tertiary/aromatic N) is 1. The summed E-state index contributed by atoms with van der Waals surface area (Å²) in [6.45, 7) is 0. The van der Waals surface area contributed by atoms with Gasteiger partial charge in [-0.05, 0) is 17.7 Å². The summed E-state index contributed by atoms with van der Waals surface area (Å²) in [5, 5.41) is 1.54. The van der Waals surface area contributed by atoms with Crippen molar-refractivity contribution in [2.75, 3.05) is 0 Å². The Balaban J connectivity index is 2.28. The van der Waals surface area contributed by atoms with Gasteiger partial charge in [0.25, 0.3) is 5.91 Å². The van der Waals surface area contributed by atoms with E-state index in [-0.39, 0.29) is 3.74 Å². The Kier molecular flexibility index (Phi) is 5.00. The van der Waals surface area contributed by atoms with Crippen LogP contribution in [0.1, 0.15) is 29.7 Å². The van der Waals surface area contributed by atoms with Crippen molar-refractivity contribution in [3.8, 4) is 0 Å². The van der Waals surface area contributed by atoms with Crippen LogP contribution in [0.3, 0.4) is 0 Å². The van der Waals surface area contributed by atoms with Crippen LogP contribution in [-0.2, 0) is 6.42 Å². The molecule has 2 aromatic rings. The minimum Gasteiger partial charge on any atom is -0.365 e. The highest BCUT2D eigenvalue weighted by molar-refractivity contribution is 9.24. The molecule has 2 rings (SSSR count). The maximum Gasteiger partial charge on any atom is 0.260 e. The van der Waals surface area contributed by atoms with Gasteiger partial charge < -0.3 is 5.73 Å². The van der Waals surface area contributed by atoms with Crippen LogP contribution in [0, 0.1) is 0 Å². The van der Waals surface area contributed by atoms with Gasteiger partial charge in [0, 0.05) is 11.4 Å². The fraction of sp³-hybridized carbons (Fsp3) is 0.167. The fourth-order valence-electron chi connectivity index (χ4n) is 1.55. The Morgan fingerprint density at radius 2 is 2.00 bits per heavy atom. The lowest BCUT2D eigenvalue weighted by atomic mass is 10.2. The second-order valence-corrected chi connectivity index (χ2v) is 8.37. The molecule has 2 N–H and O–H groups in total. The van der Waals surface area contributed by atoms with Crippen LogP contribution in [0.5, 0.6) is 0 Å². The van der Waals surface area contributed by atoms with E-state index in [1.165, 1.54) is 11.3 Å². The Morgan fingerprint density at radius 3 is 2.47 bits per heavy atom. The quantitative estimate of drug-likeness (QED) is 0.745. The van der Waals surface area contributed by atoms with Gasteiger partial charge in [-0.2, -0.15) is 0 Å². The highest BCUT2D eigenvalue weighted by Gasteiger charge is 2.20. The molecule has 1 heterocycles. The van der Waals surface area contributed by atoms with Gasteiger partial charge >= 0.3 is 0 Å². The van der Waals surface area contributed by atoms with Gasteiger partial charge in [-0.1, -0.05) is 55.6 Å². The third-order valence-electron chi connectivity index (χ3n) is 2.40. The minimum atomic E-state index is -0.459. The van der Waals surface area contributed by atoms with Crippen LogP contribution >= 0.6 is 54.8 Å². The number of amides is 1. The number of benzene rings is 1. The van der Waals surface area contributed by atoms with Crippen molar-refractivity contribution < 1.29 is 4.79 Å². The van der Waals surface area contributed by atoms with Crippen molar-refractivity contribution in [2.24, 2.45) is 5.73 Å².